The van der Waals surface area contributed by atoms with Gasteiger partial charge in [-0.3, -0.25) is 14.9 Å². The lowest BCUT2D eigenvalue weighted by atomic mass is 10.1. The van der Waals surface area contributed by atoms with Crippen molar-refractivity contribution in [2.24, 2.45) is 0 Å². The zero-order valence-corrected chi connectivity index (χ0v) is 11.2. The predicted molar refractivity (Wildman–Crippen MR) is 75.9 cm³/mol. The molecule has 0 spiro atoms. The third kappa shape index (κ3) is 5.95. The van der Waals surface area contributed by atoms with Gasteiger partial charge >= 0.3 is 0 Å². The molecule has 0 saturated heterocycles. The highest BCUT2D eigenvalue weighted by molar-refractivity contribution is 5.93. The summed E-state index contributed by atoms with van der Waals surface area (Å²) < 4.78 is 0. The van der Waals surface area contributed by atoms with E-state index < -0.39 is 4.92 Å². The Morgan fingerprint density at radius 3 is 2.47 bits per heavy atom. The average Bonchev–Trinajstić information content (AvgIpc) is 2.42. The summed E-state index contributed by atoms with van der Waals surface area (Å²) in [5, 5.41) is 10.5. The first-order valence-corrected chi connectivity index (χ1v) is 6.59. The molecule has 0 saturated carbocycles. The van der Waals surface area contributed by atoms with Gasteiger partial charge in [0.2, 0.25) is 0 Å². The van der Waals surface area contributed by atoms with E-state index in [1.807, 2.05) is 0 Å². The maximum absolute atomic E-state index is 11.6. The average molecular weight is 261 g/mol. The summed E-state index contributed by atoms with van der Waals surface area (Å²) in [4.78, 5) is 21.6. The van der Waals surface area contributed by atoms with Crippen molar-refractivity contribution in [3.63, 3.8) is 0 Å². The topological polar surface area (TPSA) is 60.2 Å². The first-order valence-electron chi connectivity index (χ1n) is 6.59. The van der Waals surface area contributed by atoms with E-state index in [2.05, 4.69) is 6.92 Å². The van der Waals surface area contributed by atoms with Gasteiger partial charge in [-0.1, -0.05) is 32.3 Å². The van der Waals surface area contributed by atoms with Crippen LogP contribution in [-0.2, 0) is 4.79 Å². The number of carbonyl (C=O) groups excluding carboxylic acids is 1. The highest BCUT2D eigenvalue weighted by atomic mass is 16.6. The lowest BCUT2D eigenvalue weighted by molar-refractivity contribution is -0.384. The van der Waals surface area contributed by atoms with Gasteiger partial charge in [-0.15, -0.1) is 0 Å². The Morgan fingerprint density at radius 2 is 1.89 bits per heavy atom. The molecule has 0 radical (unpaired) electrons. The first-order chi connectivity index (χ1) is 9.13. The number of allylic oxidation sites excluding steroid dienone is 1. The molecular formula is C15H19NO3. The van der Waals surface area contributed by atoms with Gasteiger partial charge in [0.15, 0.2) is 5.78 Å². The zero-order valence-electron chi connectivity index (χ0n) is 11.2. The molecule has 4 heteroatoms. The molecule has 102 valence electrons. The molecule has 0 aliphatic heterocycles. The molecule has 0 amide bonds. The predicted octanol–water partition coefficient (Wildman–Crippen LogP) is 4.15. The highest BCUT2D eigenvalue weighted by Crippen LogP contribution is 2.13. The number of hydrogen-bond acceptors (Lipinski definition) is 3. The van der Waals surface area contributed by atoms with Crippen molar-refractivity contribution in [3.05, 3.63) is 46.0 Å². The number of ketones is 1. The minimum absolute atomic E-state index is 0.0584. The molecule has 0 aliphatic rings. The van der Waals surface area contributed by atoms with Crippen LogP contribution in [0.1, 0.15) is 44.6 Å². The molecule has 0 N–H and O–H groups in total. The van der Waals surface area contributed by atoms with Crippen molar-refractivity contribution in [1.82, 2.24) is 0 Å². The Kier molecular flexibility index (Phi) is 6.50. The van der Waals surface area contributed by atoms with Crippen molar-refractivity contribution in [2.75, 3.05) is 0 Å². The molecule has 4 nitrogen and oxygen atoms in total. The van der Waals surface area contributed by atoms with Gasteiger partial charge in [-0.25, -0.2) is 0 Å². The van der Waals surface area contributed by atoms with Crippen LogP contribution in [0, 0.1) is 10.1 Å². The quantitative estimate of drug-likeness (QED) is 0.306. The molecule has 0 heterocycles. The molecule has 1 aromatic carbocycles. The summed E-state index contributed by atoms with van der Waals surface area (Å²) in [6.45, 7) is 2.14. The summed E-state index contributed by atoms with van der Waals surface area (Å²) in [6, 6.07) is 6.15. The van der Waals surface area contributed by atoms with E-state index in [1.54, 1.807) is 24.3 Å². The standard InChI is InChI=1S/C15H19NO3/c1-2-3-4-5-6-15(17)12-9-13-7-10-14(11-8-13)16(18)19/h7-12H,2-6H2,1H3/b12-9+. The number of unbranched alkanes of at least 4 members (excludes halogenated alkanes) is 3. The van der Waals surface area contributed by atoms with Gasteiger partial charge in [-0.2, -0.15) is 0 Å². The first kappa shape index (κ1) is 15.1. The van der Waals surface area contributed by atoms with Gasteiger partial charge < -0.3 is 0 Å². The maximum atomic E-state index is 11.6. The van der Waals surface area contributed by atoms with E-state index in [0.29, 0.717) is 6.42 Å². The van der Waals surface area contributed by atoms with Gasteiger partial charge in [0.25, 0.3) is 5.69 Å². The number of non-ortho nitro benzene ring substituents is 1. The second kappa shape index (κ2) is 8.19. The van der Waals surface area contributed by atoms with Crippen LogP contribution >= 0.6 is 0 Å². The van der Waals surface area contributed by atoms with Crippen LogP contribution in [0.5, 0.6) is 0 Å². The number of hydrogen-bond donors (Lipinski definition) is 0. The largest absolute Gasteiger partial charge is 0.295 e. The summed E-state index contributed by atoms with van der Waals surface area (Å²) in [7, 11) is 0. The van der Waals surface area contributed by atoms with E-state index in [1.165, 1.54) is 18.6 Å². The van der Waals surface area contributed by atoms with Crippen LogP contribution in [0.3, 0.4) is 0 Å². The second-order valence-corrected chi connectivity index (χ2v) is 4.46. The van der Waals surface area contributed by atoms with E-state index in [4.69, 9.17) is 0 Å². The molecule has 0 fully saturated rings. The van der Waals surface area contributed by atoms with E-state index >= 15 is 0 Å². The fourth-order valence-corrected chi connectivity index (χ4v) is 1.71. The monoisotopic (exact) mass is 261 g/mol. The van der Waals surface area contributed by atoms with Gasteiger partial charge in [0.1, 0.15) is 0 Å². The van der Waals surface area contributed by atoms with Crippen LogP contribution in [0.15, 0.2) is 30.3 Å². The van der Waals surface area contributed by atoms with Crippen LogP contribution in [0.2, 0.25) is 0 Å². The van der Waals surface area contributed by atoms with Gasteiger partial charge in [-0.05, 0) is 30.2 Å². The van der Waals surface area contributed by atoms with Crippen molar-refractivity contribution in [1.29, 1.82) is 0 Å². The van der Waals surface area contributed by atoms with Crippen LogP contribution < -0.4 is 0 Å². The van der Waals surface area contributed by atoms with Crippen LogP contribution in [0.4, 0.5) is 5.69 Å². The zero-order chi connectivity index (χ0) is 14.1. The third-order valence-corrected chi connectivity index (χ3v) is 2.84. The summed E-state index contributed by atoms with van der Waals surface area (Å²) >= 11 is 0. The molecular weight excluding hydrogens is 242 g/mol. The van der Waals surface area contributed by atoms with Crippen molar-refractivity contribution >= 4 is 17.5 Å². The Morgan fingerprint density at radius 1 is 1.21 bits per heavy atom. The van der Waals surface area contributed by atoms with Crippen molar-refractivity contribution in [2.45, 2.75) is 39.0 Å². The van der Waals surface area contributed by atoms with Crippen LogP contribution in [-0.4, -0.2) is 10.7 Å². The molecule has 0 atom stereocenters. The summed E-state index contributed by atoms with van der Waals surface area (Å²) in [5.74, 6) is 0.106. The summed E-state index contributed by atoms with van der Waals surface area (Å²) in [6.07, 6.45) is 8.17. The van der Waals surface area contributed by atoms with E-state index in [9.17, 15) is 14.9 Å². The Labute approximate surface area is 113 Å². The molecule has 0 aromatic heterocycles. The summed E-state index contributed by atoms with van der Waals surface area (Å²) in [5.41, 5.74) is 0.857. The molecule has 0 unspecified atom stereocenters. The molecule has 1 aromatic rings. The Bertz CT molecular complexity index is 449. The normalized spacial score (nSPS) is 10.8. The smallest absolute Gasteiger partial charge is 0.269 e. The van der Waals surface area contributed by atoms with Crippen LogP contribution in [0.25, 0.3) is 6.08 Å². The third-order valence-electron chi connectivity index (χ3n) is 2.84. The Hall–Kier alpha value is -1.97. The number of nitrogens with zero attached hydrogens (tertiary/aromatic N) is 1. The van der Waals surface area contributed by atoms with Gasteiger partial charge in [0, 0.05) is 18.6 Å². The molecule has 0 bridgehead atoms. The lowest BCUT2D eigenvalue weighted by Gasteiger charge is -1.96. The van der Waals surface area contributed by atoms with E-state index in [0.717, 1.165) is 24.8 Å². The number of benzene rings is 1. The number of carbonyl (C=O) groups is 1. The van der Waals surface area contributed by atoms with E-state index in [-0.39, 0.29) is 11.5 Å². The van der Waals surface area contributed by atoms with Gasteiger partial charge in [0.05, 0.1) is 4.92 Å². The number of nitro groups is 1. The molecule has 1 rings (SSSR count). The molecule has 19 heavy (non-hydrogen) atoms. The fraction of sp³-hybridized carbons (Fsp3) is 0.400. The molecule has 0 aliphatic carbocycles. The van der Waals surface area contributed by atoms with Crippen molar-refractivity contribution < 1.29 is 9.72 Å². The SMILES string of the molecule is CCCCCCC(=O)/C=C/c1ccc([N+](=O)[O-])cc1. The maximum Gasteiger partial charge on any atom is 0.269 e. The number of nitro benzene ring substituents is 1. The fourth-order valence-electron chi connectivity index (χ4n) is 1.71. The Balaban J connectivity index is 2.43. The highest BCUT2D eigenvalue weighted by Gasteiger charge is 2.02. The minimum Gasteiger partial charge on any atom is -0.295 e. The second-order valence-electron chi connectivity index (χ2n) is 4.46. The lowest BCUT2D eigenvalue weighted by Crippen LogP contribution is -1.92. The minimum atomic E-state index is -0.438. The number of rotatable bonds is 8. The van der Waals surface area contributed by atoms with Crippen molar-refractivity contribution in [3.8, 4) is 0 Å².